The van der Waals surface area contributed by atoms with Gasteiger partial charge in [-0.25, -0.2) is 0 Å². The first kappa shape index (κ1) is 16.4. The highest BCUT2D eigenvalue weighted by molar-refractivity contribution is 8.07. The van der Waals surface area contributed by atoms with Gasteiger partial charge in [-0.15, -0.1) is 11.8 Å². The molecule has 0 aliphatic heterocycles. The molecule has 1 N–H and O–H groups in total. The molecule has 1 atom stereocenters. The van der Waals surface area contributed by atoms with Crippen LogP contribution in [-0.2, 0) is 30.2 Å². The molecule has 0 spiro atoms. The third-order valence-electron chi connectivity index (χ3n) is 1.76. The van der Waals surface area contributed by atoms with Crippen molar-refractivity contribution in [3.63, 3.8) is 0 Å². The molecule has 5 nitrogen and oxygen atoms in total. The molecule has 96 valence electrons. The minimum atomic E-state index is -2.55. The average Bonchev–Trinajstić information content (AvgIpc) is 2.32. The molecule has 0 radical (unpaired) electrons. The summed E-state index contributed by atoms with van der Waals surface area (Å²) >= 11 is 6.51. The molecule has 16 heavy (non-hydrogen) atoms. The highest BCUT2D eigenvalue weighted by atomic mass is 32.5. The Morgan fingerprint density at radius 1 is 1.50 bits per heavy atom. The molecular weight excluding hydrogens is 269 g/mol. The van der Waals surface area contributed by atoms with E-state index in [-0.39, 0.29) is 11.2 Å². The van der Waals surface area contributed by atoms with Gasteiger partial charge in [0.05, 0.1) is 11.9 Å². The molecule has 8 heteroatoms. The van der Waals surface area contributed by atoms with Gasteiger partial charge in [0.15, 0.2) is 0 Å². The monoisotopic (exact) mass is 287 g/mol. The predicted molar refractivity (Wildman–Crippen MR) is 70.2 cm³/mol. The van der Waals surface area contributed by atoms with E-state index in [0.29, 0.717) is 12.4 Å². The van der Waals surface area contributed by atoms with Crippen molar-refractivity contribution in [3.8, 4) is 0 Å². The van der Waals surface area contributed by atoms with E-state index in [4.69, 9.17) is 25.4 Å². The van der Waals surface area contributed by atoms with Gasteiger partial charge < -0.3 is 18.9 Å². The molecule has 0 aliphatic carbocycles. The van der Waals surface area contributed by atoms with Crippen molar-refractivity contribution in [3.05, 3.63) is 0 Å². The second-order valence-electron chi connectivity index (χ2n) is 2.77. The Morgan fingerprint density at radius 3 is 2.50 bits per heavy atom. The SMILES string of the molecule is CNC(=O)C(C)SCCOP(=S)(OC)OC. The summed E-state index contributed by atoms with van der Waals surface area (Å²) in [6.07, 6.45) is 0. The quantitative estimate of drug-likeness (QED) is 0.538. The smallest absolute Gasteiger partial charge is 0.326 e. The van der Waals surface area contributed by atoms with E-state index < -0.39 is 6.72 Å². The Labute approximate surface area is 106 Å². The van der Waals surface area contributed by atoms with Crippen molar-refractivity contribution in [2.24, 2.45) is 0 Å². The summed E-state index contributed by atoms with van der Waals surface area (Å²) in [6.45, 7) is -0.305. The fraction of sp³-hybridized carbons (Fsp3) is 0.875. The van der Waals surface area contributed by atoms with Gasteiger partial charge in [0.25, 0.3) is 0 Å². The topological polar surface area (TPSA) is 56.8 Å². The van der Waals surface area contributed by atoms with Gasteiger partial charge >= 0.3 is 6.72 Å². The lowest BCUT2D eigenvalue weighted by atomic mass is 10.4. The van der Waals surface area contributed by atoms with Gasteiger partial charge in [-0.05, 0) is 18.7 Å². The Balaban J connectivity index is 3.76. The van der Waals surface area contributed by atoms with Crippen LogP contribution in [0.25, 0.3) is 0 Å². The zero-order valence-corrected chi connectivity index (χ0v) is 12.4. The number of rotatable bonds is 8. The first-order valence-corrected chi connectivity index (χ1v) is 8.28. The van der Waals surface area contributed by atoms with Crippen molar-refractivity contribution in [1.82, 2.24) is 5.32 Å². The summed E-state index contributed by atoms with van der Waals surface area (Å²) < 4.78 is 15.2. The van der Waals surface area contributed by atoms with E-state index in [2.05, 4.69) is 5.32 Å². The molecule has 0 aromatic heterocycles. The maximum absolute atomic E-state index is 11.2. The van der Waals surface area contributed by atoms with Crippen LogP contribution in [0.5, 0.6) is 0 Å². The number of carbonyl (C=O) groups is 1. The van der Waals surface area contributed by atoms with Crippen LogP contribution < -0.4 is 5.32 Å². The first-order chi connectivity index (χ1) is 7.49. The molecule has 0 rings (SSSR count). The van der Waals surface area contributed by atoms with Crippen molar-refractivity contribution in [2.75, 3.05) is 33.6 Å². The van der Waals surface area contributed by atoms with Crippen molar-refractivity contribution in [2.45, 2.75) is 12.2 Å². The van der Waals surface area contributed by atoms with Gasteiger partial charge in [0, 0.05) is 27.0 Å². The third-order valence-corrected chi connectivity index (χ3v) is 5.48. The van der Waals surface area contributed by atoms with Crippen LogP contribution >= 0.6 is 18.5 Å². The lowest BCUT2D eigenvalue weighted by Crippen LogP contribution is -2.27. The minimum Gasteiger partial charge on any atom is -0.358 e. The van der Waals surface area contributed by atoms with E-state index in [1.807, 2.05) is 6.92 Å². The summed E-state index contributed by atoms with van der Waals surface area (Å²) in [4.78, 5) is 11.2. The fourth-order valence-electron chi connectivity index (χ4n) is 0.833. The third kappa shape index (κ3) is 6.18. The van der Waals surface area contributed by atoms with E-state index >= 15 is 0 Å². The van der Waals surface area contributed by atoms with Crippen LogP contribution in [0.15, 0.2) is 0 Å². The largest absolute Gasteiger partial charge is 0.358 e. The van der Waals surface area contributed by atoms with Gasteiger partial charge in [0.1, 0.15) is 0 Å². The van der Waals surface area contributed by atoms with Crippen molar-refractivity contribution >= 4 is 36.2 Å². The van der Waals surface area contributed by atoms with Crippen molar-refractivity contribution < 1.29 is 18.4 Å². The van der Waals surface area contributed by atoms with E-state index in [9.17, 15) is 4.79 Å². The number of thioether (sulfide) groups is 1. The van der Waals surface area contributed by atoms with E-state index in [0.717, 1.165) is 0 Å². The van der Waals surface area contributed by atoms with Crippen LogP contribution in [-0.4, -0.2) is 44.8 Å². The number of nitrogens with one attached hydrogen (secondary N) is 1. The molecule has 1 amide bonds. The van der Waals surface area contributed by atoms with Gasteiger partial charge in [-0.3, -0.25) is 4.79 Å². The molecule has 0 heterocycles. The highest BCUT2D eigenvalue weighted by Gasteiger charge is 2.17. The van der Waals surface area contributed by atoms with Crippen LogP contribution in [0.3, 0.4) is 0 Å². The second kappa shape index (κ2) is 8.44. The van der Waals surface area contributed by atoms with E-state index in [1.54, 1.807) is 7.05 Å². The standard InChI is InChI=1S/C8H18NO4PS2/c1-7(8(10)9-2)16-6-5-13-14(15,11-3)12-4/h7H,5-6H2,1-4H3,(H,9,10). The summed E-state index contributed by atoms with van der Waals surface area (Å²) in [5.74, 6) is 0.669. The average molecular weight is 287 g/mol. The Bertz CT molecular complexity index is 256. The van der Waals surface area contributed by atoms with Crippen LogP contribution in [0.1, 0.15) is 6.92 Å². The number of amides is 1. The molecule has 0 aromatic rings. The summed E-state index contributed by atoms with van der Waals surface area (Å²) in [6, 6.07) is 0. The van der Waals surface area contributed by atoms with Crippen LogP contribution in [0, 0.1) is 0 Å². The minimum absolute atomic E-state index is 0.00270. The molecule has 0 bridgehead atoms. The second-order valence-corrected chi connectivity index (χ2v) is 7.45. The number of carbonyl (C=O) groups excluding carboxylic acids is 1. The number of hydrogen-bond acceptors (Lipinski definition) is 6. The molecule has 0 aromatic carbocycles. The van der Waals surface area contributed by atoms with Gasteiger partial charge in [-0.1, -0.05) is 0 Å². The molecule has 0 saturated carbocycles. The zero-order valence-electron chi connectivity index (χ0n) is 9.89. The summed E-state index contributed by atoms with van der Waals surface area (Å²) in [5, 5.41) is 2.48. The summed E-state index contributed by atoms with van der Waals surface area (Å²) in [7, 11) is 4.54. The normalized spacial score (nSPS) is 13.5. The molecule has 0 saturated heterocycles. The molecule has 0 aliphatic rings. The fourth-order valence-corrected chi connectivity index (χ4v) is 2.66. The lowest BCUT2D eigenvalue weighted by Gasteiger charge is -2.17. The van der Waals surface area contributed by atoms with Gasteiger partial charge in [0.2, 0.25) is 5.91 Å². The van der Waals surface area contributed by atoms with Gasteiger partial charge in [-0.2, -0.15) is 0 Å². The lowest BCUT2D eigenvalue weighted by molar-refractivity contribution is -0.119. The maximum Gasteiger partial charge on any atom is 0.326 e. The predicted octanol–water partition coefficient (Wildman–Crippen LogP) is 1.39. The Kier molecular flexibility index (Phi) is 8.63. The van der Waals surface area contributed by atoms with E-state index in [1.165, 1.54) is 26.0 Å². The molecule has 1 unspecified atom stereocenters. The Morgan fingerprint density at radius 2 is 2.06 bits per heavy atom. The van der Waals surface area contributed by atoms with Crippen LogP contribution in [0.2, 0.25) is 0 Å². The van der Waals surface area contributed by atoms with Crippen LogP contribution in [0.4, 0.5) is 0 Å². The zero-order chi connectivity index (χ0) is 12.6. The molecular formula is C8H18NO4PS2. The summed E-state index contributed by atoms with van der Waals surface area (Å²) in [5.41, 5.74) is 0. The molecule has 0 fully saturated rings. The number of hydrogen-bond donors (Lipinski definition) is 1. The van der Waals surface area contributed by atoms with Crippen molar-refractivity contribution in [1.29, 1.82) is 0 Å². The highest BCUT2D eigenvalue weighted by Crippen LogP contribution is 2.47. The first-order valence-electron chi connectivity index (χ1n) is 4.68. The Hall–Kier alpha value is 0.350. The maximum atomic E-state index is 11.2.